The molecule has 8 rings (SSSR count). The molecule has 62 heavy (non-hydrogen) atoms. The van der Waals surface area contributed by atoms with Crippen LogP contribution in [0.15, 0.2) is 152 Å². The molecule has 1 nitrogen and oxygen atoms in total. The zero-order chi connectivity index (χ0) is 44.6. The van der Waals surface area contributed by atoms with Crippen LogP contribution in [0.2, 0.25) is 0 Å². The Labute approximate surface area is 373 Å². The van der Waals surface area contributed by atoms with Gasteiger partial charge in [0.05, 0.1) is 0 Å². The number of nitrogens with zero attached hydrogens (tertiary/aromatic N) is 1. The van der Waals surface area contributed by atoms with Crippen molar-refractivity contribution >= 4 is 17.1 Å². The van der Waals surface area contributed by atoms with Crippen LogP contribution < -0.4 is 4.90 Å². The smallest absolute Gasteiger partial charge is 0.0470 e. The van der Waals surface area contributed by atoms with Gasteiger partial charge in [0.15, 0.2) is 0 Å². The van der Waals surface area contributed by atoms with Gasteiger partial charge in [-0.3, -0.25) is 0 Å². The average molecular weight is 814 g/mol. The van der Waals surface area contributed by atoms with Crippen molar-refractivity contribution in [2.24, 2.45) is 0 Å². The van der Waals surface area contributed by atoms with Gasteiger partial charge in [0, 0.05) is 22.5 Å². The molecule has 0 spiro atoms. The molecule has 0 aromatic heterocycles. The minimum absolute atomic E-state index is 0.00775. The highest BCUT2D eigenvalue weighted by molar-refractivity contribution is 5.87. The van der Waals surface area contributed by atoms with E-state index in [0.29, 0.717) is 0 Å². The third-order valence-electron chi connectivity index (χ3n) is 13.2. The third-order valence-corrected chi connectivity index (χ3v) is 13.2. The van der Waals surface area contributed by atoms with Crippen LogP contribution >= 0.6 is 0 Å². The molecule has 1 aliphatic carbocycles. The quantitative estimate of drug-likeness (QED) is 0.162. The second-order valence-electron chi connectivity index (χ2n) is 22.5. The summed E-state index contributed by atoms with van der Waals surface area (Å²) in [5.41, 5.74) is 21.7. The first-order chi connectivity index (χ1) is 29.0. The first kappa shape index (κ1) is 43.0. The Balaban J connectivity index is 1.23. The fraction of sp³-hybridized carbons (Fsp3) is 0.311. The lowest BCUT2D eigenvalue weighted by Gasteiger charge is -2.30. The minimum Gasteiger partial charge on any atom is -0.310 e. The van der Waals surface area contributed by atoms with Crippen molar-refractivity contribution in [2.75, 3.05) is 4.90 Å². The highest BCUT2D eigenvalue weighted by Crippen LogP contribution is 2.51. The molecule has 0 fully saturated rings. The molecule has 0 atom stereocenters. The summed E-state index contributed by atoms with van der Waals surface area (Å²) in [6.45, 7) is 32.6. The average Bonchev–Trinajstić information content (AvgIpc) is 3.45. The lowest BCUT2D eigenvalue weighted by molar-refractivity contribution is 0.569. The summed E-state index contributed by atoms with van der Waals surface area (Å²) in [4.78, 5) is 2.45. The predicted molar refractivity (Wildman–Crippen MR) is 270 cm³/mol. The molecule has 1 aliphatic rings. The van der Waals surface area contributed by atoms with Crippen LogP contribution in [0.3, 0.4) is 0 Å². The standard InChI is InChI=1S/C61H67N/c1-57(2,3)46-31-42(30-43(32-46)44-33-47(58(4,5)6)37-48(34-44)59(7,8)9)40-24-26-41(27-25-40)45-35-49(60(10,11)12)38-52(36-45)62(50-20-16-15-17-21-50)51-28-29-54-53-22-18-19-23-55(53)61(13,14)56(54)39-51/h15-39H,1-14H3. The van der Waals surface area contributed by atoms with Crippen LogP contribution in [0.5, 0.6) is 0 Å². The monoisotopic (exact) mass is 814 g/mol. The van der Waals surface area contributed by atoms with Crippen LogP contribution in [0.25, 0.3) is 44.5 Å². The molecular weight excluding hydrogens is 747 g/mol. The lowest BCUT2D eigenvalue weighted by atomic mass is 9.78. The van der Waals surface area contributed by atoms with Gasteiger partial charge < -0.3 is 4.90 Å². The molecule has 0 aliphatic heterocycles. The van der Waals surface area contributed by atoms with Crippen molar-refractivity contribution in [3.63, 3.8) is 0 Å². The van der Waals surface area contributed by atoms with Gasteiger partial charge in [-0.05, 0) is 142 Å². The van der Waals surface area contributed by atoms with Crippen molar-refractivity contribution in [3.8, 4) is 44.5 Å². The van der Waals surface area contributed by atoms with Crippen LogP contribution in [-0.2, 0) is 27.1 Å². The second-order valence-corrected chi connectivity index (χ2v) is 22.5. The number of anilines is 3. The molecular formula is C61H67N. The van der Waals surface area contributed by atoms with Gasteiger partial charge in [0.25, 0.3) is 0 Å². The highest BCUT2D eigenvalue weighted by atomic mass is 15.1. The van der Waals surface area contributed by atoms with Crippen LogP contribution in [0.1, 0.15) is 130 Å². The topological polar surface area (TPSA) is 3.24 Å². The van der Waals surface area contributed by atoms with Gasteiger partial charge in [-0.2, -0.15) is 0 Å². The van der Waals surface area contributed by atoms with E-state index in [4.69, 9.17) is 0 Å². The molecule has 7 aromatic rings. The molecule has 0 saturated heterocycles. The number of hydrogen-bond acceptors (Lipinski definition) is 1. The van der Waals surface area contributed by atoms with Crippen LogP contribution in [0, 0.1) is 0 Å². The Kier molecular flexibility index (Phi) is 10.6. The first-order valence-corrected chi connectivity index (χ1v) is 22.7. The Hall–Kier alpha value is -5.66. The number of rotatable bonds is 6. The van der Waals surface area contributed by atoms with Gasteiger partial charge in [-0.15, -0.1) is 0 Å². The summed E-state index contributed by atoms with van der Waals surface area (Å²) in [5.74, 6) is 0. The minimum atomic E-state index is -0.0938. The first-order valence-electron chi connectivity index (χ1n) is 22.7. The van der Waals surface area contributed by atoms with E-state index >= 15 is 0 Å². The Bertz CT molecular complexity index is 2740. The molecule has 0 unspecified atom stereocenters. The van der Waals surface area contributed by atoms with Gasteiger partial charge in [0.2, 0.25) is 0 Å². The maximum atomic E-state index is 2.45. The van der Waals surface area contributed by atoms with E-state index < -0.39 is 0 Å². The van der Waals surface area contributed by atoms with E-state index in [-0.39, 0.29) is 27.1 Å². The van der Waals surface area contributed by atoms with Gasteiger partial charge in [-0.25, -0.2) is 0 Å². The summed E-state index contributed by atoms with van der Waals surface area (Å²) in [5, 5.41) is 0. The van der Waals surface area contributed by atoms with Crippen molar-refractivity contribution < 1.29 is 0 Å². The molecule has 316 valence electrons. The van der Waals surface area contributed by atoms with Crippen molar-refractivity contribution in [2.45, 2.75) is 124 Å². The number of benzene rings is 7. The molecule has 0 bridgehead atoms. The summed E-state index contributed by atoms with van der Waals surface area (Å²) in [7, 11) is 0. The summed E-state index contributed by atoms with van der Waals surface area (Å²) < 4.78 is 0. The maximum Gasteiger partial charge on any atom is 0.0470 e. The normalized spacial score (nSPS) is 13.8. The fourth-order valence-electron chi connectivity index (χ4n) is 9.10. The molecule has 7 aromatic carbocycles. The van der Waals surface area contributed by atoms with Gasteiger partial charge in [-0.1, -0.05) is 206 Å². The number of para-hydroxylation sites is 1. The van der Waals surface area contributed by atoms with E-state index in [1.807, 2.05) is 0 Å². The van der Waals surface area contributed by atoms with Crippen molar-refractivity contribution in [1.29, 1.82) is 0 Å². The Morgan fingerprint density at radius 1 is 0.306 bits per heavy atom. The number of fused-ring (bicyclic) bond motifs is 3. The van der Waals surface area contributed by atoms with E-state index in [9.17, 15) is 0 Å². The number of hydrogen-bond donors (Lipinski definition) is 0. The summed E-state index contributed by atoms with van der Waals surface area (Å²) in [6.07, 6.45) is 0. The second kappa shape index (κ2) is 15.3. The van der Waals surface area contributed by atoms with Gasteiger partial charge >= 0.3 is 0 Å². The molecule has 0 heterocycles. The maximum absolute atomic E-state index is 2.45. The van der Waals surface area contributed by atoms with E-state index in [0.717, 1.165) is 11.4 Å². The van der Waals surface area contributed by atoms with Crippen molar-refractivity contribution in [3.05, 3.63) is 185 Å². The molecule has 0 N–H and O–H groups in total. The van der Waals surface area contributed by atoms with Crippen LogP contribution in [0.4, 0.5) is 17.1 Å². The zero-order valence-electron chi connectivity index (χ0n) is 39.9. The molecule has 0 saturated carbocycles. The predicted octanol–water partition coefficient (Wildman–Crippen LogP) is 17.7. The Morgan fingerprint density at radius 3 is 1.26 bits per heavy atom. The van der Waals surface area contributed by atoms with E-state index in [1.54, 1.807) is 0 Å². The summed E-state index contributed by atoms with van der Waals surface area (Å²) in [6, 6.07) is 57.8. The molecule has 0 radical (unpaired) electrons. The summed E-state index contributed by atoms with van der Waals surface area (Å²) >= 11 is 0. The van der Waals surface area contributed by atoms with E-state index in [2.05, 4.69) is 253 Å². The zero-order valence-corrected chi connectivity index (χ0v) is 39.9. The molecule has 1 heteroatoms. The largest absolute Gasteiger partial charge is 0.310 e. The Morgan fingerprint density at radius 2 is 0.726 bits per heavy atom. The SMILES string of the molecule is CC(C)(C)c1cc(-c2ccc(-c3cc(N(c4ccccc4)c4ccc5c(c4)C(C)(C)c4ccccc4-5)cc(C(C)(C)C)c3)cc2)cc(-c2cc(C(C)(C)C)cc(C(C)(C)C)c2)c1. The lowest BCUT2D eigenvalue weighted by Crippen LogP contribution is -2.17. The van der Waals surface area contributed by atoms with Crippen LogP contribution in [-0.4, -0.2) is 0 Å². The van der Waals surface area contributed by atoms with E-state index in [1.165, 1.54) is 83.6 Å². The van der Waals surface area contributed by atoms with Gasteiger partial charge in [0.1, 0.15) is 0 Å². The third kappa shape index (κ3) is 8.32. The highest BCUT2D eigenvalue weighted by Gasteiger charge is 2.36. The fourth-order valence-corrected chi connectivity index (χ4v) is 9.10. The van der Waals surface area contributed by atoms with Crippen molar-refractivity contribution in [1.82, 2.24) is 0 Å². The molecule has 0 amide bonds.